The van der Waals surface area contributed by atoms with Crippen LogP contribution >= 0.6 is 0 Å². The fraction of sp³-hybridized carbons (Fsp3) is 0.600. The van der Waals surface area contributed by atoms with Gasteiger partial charge in [-0.3, -0.25) is 0 Å². The van der Waals surface area contributed by atoms with Crippen molar-refractivity contribution in [3.63, 3.8) is 0 Å². The molecule has 0 amide bonds. The molecule has 1 saturated carbocycles. The van der Waals surface area contributed by atoms with Gasteiger partial charge in [-0.15, -0.1) is 0 Å². The fourth-order valence-electron chi connectivity index (χ4n) is 6.38. The van der Waals surface area contributed by atoms with Crippen LogP contribution in [0.2, 0.25) is 0 Å². The van der Waals surface area contributed by atoms with E-state index in [0.717, 1.165) is 66.9 Å². The van der Waals surface area contributed by atoms with E-state index < -0.39 is 30.4 Å². The maximum atomic E-state index is 12.8. The van der Waals surface area contributed by atoms with Crippen molar-refractivity contribution in [1.29, 1.82) is 0 Å². The molecule has 0 bridgehead atoms. The van der Waals surface area contributed by atoms with Crippen LogP contribution in [0.1, 0.15) is 121 Å². The number of carbonyl (C=O) groups is 2. The Morgan fingerprint density at radius 2 is 1.23 bits per heavy atom. The van der Waals surface area contributed by atoms with E-state index in [1.54, 1.807) is 0 Å². The number of unbranched alkanes of at least 4 members (excludes halogenated alkanes) is 4. The summed E-state index contributed by atoms with van der Waals surface area (Å²) in [7, 11) is 0. The predicted molar refractivity (Wildman–Crippen MR) is 185 cm³/mol. The normalized spacial score (nSPS) is 21.4. The van der Waals surface area contributed by atoms with Gasteiger partial charge in [0.05, 0.1) is 19.8 Å². The van der Waals surface area contributed by atoms with E-state index in [0.29, 0.717) is 12.5 Å². The van der Waals surface area contributed by atoms with Crippen molar-refractivity contribution in [2.24, 2.45) is 5.92 Å². The van der Waals surface area contributed by atoms with Crippen molar-refractivity contribution in [2.75, 3.05) is 26.4 Å². The first-order valence-corrected chi connectivity index (χ1v) is 18.0. The van der Waals surface area contributed by atoms with Gasteiger partial charge in [-0.1, -0.05) is 107 Å². The third-order valence-electron chi connectivity index (χ3n) is 9.26. The second kappa shape index (κ2) is 19.7. The third-order valence-corrected chi connectivity index (χ3v) is 9.26. The highest BCUT2D eigenvalue weighted by Crippen LogP contribution is 2.39. The Labute approximate surface area is 282 Å². The number of carbonyl (C=O) groups excluding carboxylic acids is 2. The zero-order valence-corrected chi connectivity index (χ0v) is 28.9. The maximum Gasteiger partial charge on any atom is 0.338 e. The van der Waals surface area contributed by atoms with Crippen molar-refractivity contribution < 1.29 is 33.3 Å². The van der Waals surface area contributed by atoms with Crippen LogP contribution in [-0.2, 0) is 33.3 Å². The Balaban J connectivity index is 1.26. The van der Waals surface area contributed by atoms with Gasteiger partial charge < -0.3 is 23.7 Å². The molecule has 7 heteroatoms. The SMILES string of the molecule is C=C(C)COCCCCC[C@H]1CC[C@H](c2ccc(-c3ccc(C4O[C@@H](C(=O)OCCCC)[C@H](C(=O)OCCCC)O4)cc3)cc2)CC1. The summed E-state index contributed by atoms with van der Waals surface area (Å²) in [4.78, 5) is 25.6. The maximum absolute atomic E-state index is 12.8. The molecule has 0 spiro atoms. The first kappa shape index (κ1) is 36.8. The zero-order chi connectivity index (χ0) is 33.4. The highest BCUT2D eigenvalue weighted by Gasteiger charge is 2.47. The third kappa shape index (κ3) is 11.6. The summed E-state index contributed by atoms with van der Waals surface area (Å²) in [6, 6.07) is 16.9. The number of hydrogen-bond donors (Lipinski definition) is 0. The van der Waals surface area contributed by atoms with Gasteiger partial charge in [0.1, 0.15) is 0 Å². The van der Waals surface area contributed by atoms with Crippen molar-refractivity contribution in [3.8, 4) is 11.1 Å². The first-order chi connectivity index (χ1) is 22.9. The minimum atomic E-state index is -1.16. The molecule has 0 radical (unpaired) electrons. The molecule has 0 aromatic heterocycles. The number of esters is 2. The van der Waals surface area contributed by atoms with Crippen LogP contribution in [-0.4, -0.2) is 50.6 Å². The first-order valence-electron chi connectivity index (χ1n) is 18.0. The summed E-state index contributed by atoms with van der Waals surface area (Å²) in [6.07, 6.45) is 10.3. The summed E-state index contributed by atoms with van der Waals surface area (Å²) >= 11 is 0. The molecule has 4 rings (SSSR count). The number of hydrogen-bond acceptors (Lipinski definition) is 7. The van der Waals surface area contributed by atoms with Gasteiger partial charge in [0, 0.05) is 12.2 Å². The van der Waals surface area contributed by atoms with Crippen LogP contribution in [0.3, 0.4) is 0 Å². The molecule has 2 fully saturated rings. The van der Waals surface area contributed by atoms with Crippen LogP contribution in [0, 0.1) is 5.92 Å². The largest absolute Gasteiger partial charge is 0.464 e. The minimum absolute atomic E-state index is 0.277. The smallest absolute Gasteiger partial charge is 0.338 e. The summed E-state index contributed by atoms with van der Waals surface area (Å²) in [5.74, 6) is 0.301. The lowest BCUT2D eigenvalue weighted by Gasteiger charge is -2.29. The Bertz CT molecular complexity index is 1200. The molecule has 0 N–H and O–H groups in total. The van der Waals surface area contributed by atoms with Gasteiger partial charge in [0.15, 0.2) is 18.5 Å². The van der Waals surface area contributed by atoms with Crippen molar-refractivity contribution in [2.45, 2.75) is 122 Å². The highest BCUT2D eigenvalue weighted by atomic mass is 16.8. The van der Waals surface area contributed by atoms with Gasteiger partial charge in [-0.2, -0.15) is 0 Å². The highest BCUT2D eigenvalue weighted by molar-refractivity contribution is 5.86. The van der Waals surface area contributed by atoms with Crippen LogP contribution in [0.5, 0.6) is 0 Å². The fourth-order valence-corrected chi connectivity index (χ4v) is 6.38. The van der Waals surface area contributed by atoms with Gasteiger partial charge in [0.25, 0.3) is 0 Å². The molecular formula is C40H56O7. The van der Waals surface area contributed by atoms with Crippen LogP contribution in [0.4, 0.5) is 0 Å². The Hall–Kier alpha value is -3.00. The molecule has 1 heterocycles. The molecule has 1 saturated heterocycles. The Morgan fingerprint density at radius 3 is 1.74 bits per heavy atom. The average Bonchev–Trinajstić information content (AvgIpc) is 3.54. The van der Waals surface area contributed by atoms with E-state index in [1.165, 1.54) is 50.5 Å². The molecule has 2 aromatic carbocycles. The number of ether oxygens (including phenoxy) is 5. The topological polar surface area (TPSA) is 80.3 Å². The van der Waals surface area contributed by atoms with Crippen molar-refractivity contribution in [3.05, 3.63) is 71.8 Å². The molecule has 2 aromatic rings. The minimum Gasteiger partial charge on any atom is -0.464 e. The second-order valence-corrected chi connectivity index (χ2v) is 13.3. The van der Waals surface area contributed by atoms with Gasteiger partial charge in [-0.25, -0.2) is 9.59 Å². The Morgan fingerprint density at radius 1 is 0.702 bits per heavy atom. The summed E-state index contributed by atoms with van der Waals surface area (Å²) in [5, 5.41) is 0. The number of rotatable bonds is 19. The standard InChI is InChI=1S/C40H56O7/c1-5-7-26-44-38(41)36-37(39(42)45-27-8-6-2)47-40(46-36)35-23-21-34(22-24-35)33-19-17-32(18-20-33)31-15-13-30(14-16-31)12-10-9-11-25-43-28-29(3)4/h17-24,30-31,36-37,40H,3,5-16,25-28H2,1-2,4H3/t30-,31-,36-,37-/m1/s1. The van der Waals surface area contributed by atoms with Gasteiger partial charge in [-0.05, 0) is 80.4 Å². The molecule has 2 aliphatic rings. The van der Waals surface area contributed by atoms with E-state index in [1.807, 2.05) is 45.0 Å². The second-order valence-electron chi connectivity index (χ2n) is 13.3. The lowest BCUT2D eigenvalue weighted by Crippen LogP contribution is -2.39. The van der Waals surface area contributed by atoms with E-state index in [-0.39, 0.29) is 13.2 Å². The molecule has 0 unspecified atom stereocenters. The molecule has 258 valence electrons. The van der Waals surface area contributed by atoms with E-state index >= 15 is 0 Å². The van der Waals surface area contributed by atoms with Crippen LogP contribution in [0.15, 0.2) is 60.7 Å². The van der Waals surface area contributed by atoms with E-state index in [2.05, 4.69) is 30.8 Å². The predicted octanol–water partition coefficient (Wildman–Crippen LogP) is 9.25. The lowest BCUT2D eigenvalue weighted by atomic mass is 9.77. The van der Waals surface area contributed by atoms with Crippen LogP contribution < -0.4 is 0 Å². The quantitative estimate of drug-likeness (QED) is 0.0853. The molecule has 1 aliphatic carbocycles. The van der Waals surface area contributed by atoms with Crippen molar-refractivity contribution >= 4 is 11.9 Å². The van der Waals surface area contributed by atoms with E-state index in [4.69, 9.17) is 23.7 Å². The summed E-state index contributed by atoms with van der Waals surface area (Å²) in [6.45, 7) is 12.0. The average molecular weight is 649 g/mol. The Kier molecular flexibility index (Phi) is 15.5. The molecule has 7 nitrogen and oxygen atoms in total. The van der Waals surface area contributed by atoms with E-state index in [9.17, 15) is 9.59 Å². The van der Waals surface area contributed by atoms with Crippen molar-refractivity contribution in [1.82, 2.24) is 0 Å². The number of benzene rings is 2. The summed E-state index contributed by atoms with van der Waals surface area (Å²) in [5.41, 5.74) is 5.47. The van der Waals surface area contributed by atoms with Gasteiger partial charge >= 0.3 is 11.9 Å². The monoisotopic (exact) mass is 648 g/mol. The zero-order valence-electron chi connectivity index (χ0n) is 28.9. The molecule has 47 heavy (non-hydrogen) atoms. The van der Waals surface area contributed by atoms with Crippen LogP contribution in [0.25, 0.3) is 11.1 Å². The lowest BCUT2D eigenvalue weighted by molar-refractivity contribution is -0.163. The summed E-state index contributed by atoms with van der Waals surface area (Å²) < 4.78 is 28.3. The molecule has 1 aliphatic heterocycles. The molecule has 2 atom stereocenters. The molecular weight excluding hydrogens is 592 g/mol. The van der Waals surface area contributed by atoms with Gasteiger partial charge in [0.2, 0.25) is 0 Å².